The molecule has 3 aromatic rings. The minimum atomic E-state index is 0.679. The number of likely N-dealkylation sites (tertiary alicyclic amines) is 1. The number of anilines is 1. The van der Waals surface area contributed by atoms with Gasteiger partial charge in [0.15, 0.2) is 0 Å². The van der Waals surface area contributed by atoms with Crippen molar-refractivity contribution in [2.45, 2.75) is 25.4 Å². The predicted molar refractivity (Wildman–Crippen MR) is 122 cm³/mol. The molecule has 4 heterocycles. The molecule has 5 nitrogen and oxygen atoms in total. The molecule has 2 aromatic heterocycles. The van der Waals surface area contributed by atoms with Crippen molar-refractivity contribution in [3.05, 3.63) is 78.9 Å². The molecule has 5 rings (SSSR count). The molecule has 2 aliphatic heterocycles. The van der Waals surface area contributed by atoms with Gasteiger partial charge in [0.2, 0.25) is 0 Å². The summed E-state index contributed by atoms with van der Waals surface area (Å²) >= 11 is 0. The van der Waals surface area contributed by atoms with Crippen LogP contribution in [0.5, 0.6) is 0 Å². The first-order valence-corrected chi connectivity index (χ1v) is 11.2. The third-order valence-electron chi connectivity index (χ3n) is 6.58. The first-order chi connectivity index (χ1) is 14.9. The SMILES string of the molecule is c1ccc(N2CCN([C@@H]3CCCN(Cc4cccn4-c4cccnc4)C3)CC2)cc1. The molecule has 0 saturated carbocycles. The minimum absolute atomic E-state index is 0.679. The van der Waals surface area contributed by atoms with E-state index < -0.39 is 0 Å². The Morgan fingerprint density at radius 3 is 2.47 bits per heavy atom. The molecule has 0 N–H and O–H groups in total. The van der Waals surface area contributed by atoms with Crippen LogP contribution in [0.15, 0.2) is 73.2 Å². The number of para-hydroxylation sites is 1. The summed E-state index contributed by atoms with van der Waals surface area (Å²) in [5, 5.41) is 0. The van der Waals surface area contributed by atoms with Crippen LogP contribution in [-0.2, 0) is 6.54 Å². The molecule has 0 spiro atoms. The minimum Gasteiger partial charge on any atom is -0.369 e. The number of piperidine rings is 1. The van der Waals surface area contributed by atoms with Gasteiger partial charge in [0.05, 0.1) is 11.9 Å². The van der Waals surface area contributed by atoms with Crippen LogP contribution in [0.1, 0.15) is 18.5 Å². The molecular weight excluding hydrogens is 370 g/mol. The van der Waals surface area contributed by atoms with Gasteiger partial charge in [-0.2, -0.15) is 0 Å². The van der Waals surface area contributed by atoms with Crippen molar-refractivity contribution in [2.75, 3.05) is 44.2 Å². The van der Waals surface area contributed by atoms with E-state index in [0.717, 1.165) is 25.3 Å². The number of rotatable bonds is 5. The van der Waals surface area contributed by atoms with Gasteiger partial charge < -0.3 is 9.47 Å². The van der Waals surface area contributed by atoms with E-state index in [1.54, 1.807) is 0 Å². The lowest BCUT2D eigenvalue weighted by molar-refractivity contribution is 0.0878. The Morgan fingerprint density at radius 1 is 0.833 bits per heavy atom. The summed E-state index contributed by atoms with van der Waals surface area (Å²) in [5.74, 6) is 0. The summed E-state index contributed by atoms with van der Waals surface area (Å²) in [6.45, 7) is 7.96. The first-order valence-electron chi connectivity index (χ1n) is 11.2. The van der Waals surface area contributed by atoms with E-state index in [-0.39, 0.29) is 0 Å². The van der Waals surface area contributed by atoms with Gasteiger partial charge in [-0.15, -0.1) is 0 Å². The topological polar surface area (TPSA) is 27.5 Å². The smallest absolute Gasteiger partial charge is 0.0636 e. The lowest BCUT2D eigenvalue weighted by Crippen LogP contribution is -2.55. The van der Waals surface area contributed by atoms with Crippen molar-refractivity contribution in [1.29, 1.82) is 0 Å². The summed E-state index contributed by atoms with van der Waals surface area (Å²) in [5.41, 5.74) is 3.85. The molecule has 2 saturated heterocycles. The van der Waals surface area contributed by atoms with E-state index in [2.05, 4.69) is 79.0 Å². The second kappa shape index (κ2) is 9.02. The van der Waals surface area contributed by atoms with Gasteiger partial charge in [-0.05, 0) is 55.8 Å². The summed E-state index contributed by atoms with van der Waals surface area (Å²) in [7, 11) is 0. The molecule has 30 heavy (non-hydrogen) atoms. The highest BCUT2D eigenvalue weighted by molar-refractivity contribution is 5.46. The highest BCUT2D eigenvalue weighted by Gasteiger charge is 2.28. The largest absolute Gasteiger partial charge is 0.369 e. The maximum atomic E-state index is 4.28. The predicted octanol–water partition coefficient (Wildman–Crippen LogP) is 3.66. The Morgan fingerprint density at radius 2 is 1.67 bits per heavy atom. The second-order valence-electron chi connectivity index (χ2n) is 8.47. The van der Waals surface area contributed by atoms with Gasteiger partial charge in [-0.25, -0.2) is 0 Å². The summed E-state index contributed by atoms with van der Waals surface area (Å²) in [4.78, 5) is 12.2. The van der Waals surface area contributed by atoms with Crippen molar-refractivity contribution >= 4 is 5.69 Å². The molecule has 2 fully saturated rings. The van der Waals surface area contributed by atoms with E-state index >= 15 is 0 Å². The van der Waals surface area contributed by atoms with Crippen LogP contribution >= 0.6 is 0 Å². The Balaban J connectivity index is 1.19. The van der Waals surface area contributed by atoms with Crippen molar-refractivity contribution in [3.8, 4) is 5.69 Å². The molecule has 2 aliphatic rings. The number of hydrogen-bond acceptors (Lipinski definition) is 4. The van der Waals surface area contributed by atoms with Gasteiger partial charge >= 0.3 is 0 Å². The van der Waals surface area contributed by atoms with Crippen LogP contribution in [0, 0.1) is 0 Å². The lowest BCUT2D eigenvalue weighted by Gasteiger charge is -2.44. The van der Waals surface area contributed by atoms with Gasteiger partial charge in [0.25, 0.3) is 0 Å². The van der Waals surface area contributed by atoms with E-state index in [4.69, 9.17) is 0 Å². The van der Waals surface area contributed by atoms with Crippen LogP contribution in [0.4, 0.5) is 5.69 Å². The average Bonchev–Trinajstić information content (AvgIpc) is 3.29. The maximum Gasteiger partial charge on any atom is 0.0636 e. The van der Waals surface area contributed by atoms with Crippen LogP contribution in [0.25, 0.3) is 5.69 Å². The number of benzene rings is 1. The Bertz CT molecular complexity index is 915. The average molecular weight is 402 g/mol. The maximum absolute atomic E-state index is 4.28. The summed E-state index contributed by atoms with van der Waals surface area (Å²) < 4.78 is 2.27. The van der Waals surface area contributed by atoms with E-state index in [9.17, 15) is 0 Å². The molecule has 0 bridgehead atoms. The third-order valence-corrected chi connectivity index (χ3v) is 6.58. The van der Waals surface area contributed by atoms with Crippen molar-refractivity contribution < 1.29 is 0 Å². The Labute approximate surface area is 179 Å². The highest BCUT2D eigenvalue weighted by atomic mass is 15.3. The number of nitrogens with zero attached hydrogens (tertiary/aromatic N) is 5. The second-order valence-corrected chi connectivity index (χ2v) is 8.47. The number of aromatic nitrogens is 2. The fourth-order valence-corrected chi connectivity index (χ4v) is 4.98. The summed E-state index contributed by atoms with van der Waals surface area (Å²) in [6.07, 6.45) is 8.54. The normalized spacial score (nSPS) is 21.1. The van der Waals surface area contributed by atoms with Crippen LogP contribution in [0.2, 0.25) is 0 Å². The van der Waals surface area contributed by atoms with Crippen molar-refractivity contribution in [2.24, 2.45) is 0 Å². The Hall–Kier alpha value is -2.63. The Kier molecular flexibility index (Phi) is 5.82. The zero-order valence-corrected chi connectivity index (χ0v) is 17.6. The first kappa shape index (κ1) is 19.3. The van der Waals surface area contributed by atoms with Crippen molar-refractivity contribution in [3.63, 3.8) is 0 Å². The molecule has 0 radical (unpaired) electrons. The van der Waals surface area contributed by atoms with Gasteiger partial charge in [-0.1, -0.05) is 18.2 Å². The quantitative estimate of drug-likeness (QED) is 0.652. The number of pyridine rings is 1. The monoisotopic (exact) mass is 401 g/mol. The number of piperazine rings is 1. The zero-order chi connectivity index (χ0) is 20.2. The van der Waals surface area contributed by atoms with Crippen LogP contribution < -0.4 is 4.90 Å². The standard InChI is InChI=1S/C25H31N5/c1-2-7-22(8-3-1)28-15-17-29(18-16-28)24-10-5-13-27(20-24)21-25-11-6-14-30(25)23-9-4-12-26-19-23/h1-4,6-9,11-12,14,19,24H,5,10,13,15-18,20-21H2/t24-/m1/s1. The van der Waals surface area contributed by atoms with E-state index in [1.165, 1.54) is 50.4 Å². The molecule has 0 unspecified atom stereocenters. The fraction of sp³-hybridized carbons (Fsp3) is 0.400. The van der Waals surface area contributed by atoms with Crippen LogP contribution in [-0.4, -0.2) is 64.7 Å². The zero-order valence-electron chi connectivity index (χ0n) is 17.6. The molecule has 0 amide bonds. The highest BCUT2D eigenvalue weighted by Crippen LogP contribution is 2.22. The van der Waals surface area contributed by atoms with Gasteiger partial charge in [0.1, 0.15) is 0 Å². The third kappa shape index (κ3) is 4.27. The van der Waals surface area contributed by atoms with E-state index in [0.29, 0.717) is 6.04 Å². The molecule has 5 heteroatoms. The van der Waals surface area contributed by atoms with Gasteiger partial charge in [0, 0.05) is 69.1 Å². The fourth-order valence-electron chi connectivity index (χ4n) is 4.98. The van der Waals surface area contributed by atoms with E-state index in [1.807, 2.05) is 18.5 Å². The molecular formula is C25H31N5. The molecule has 1 aromatic carbocycles. The van der Waals surface area contributed by atoms with Crippen molar-refractivity contribution in [1.82, 2.24) is 19.4 Å². The molecule has 0 aliphatic carbocycles. The number of hydrogen-bond donors (Lipinski definition) is 0. The van der Waals surface area contributed by atoms with Gasteiger partial charge in [-0.3, -0.25) is 14.8 Å². The lowest BCUT2D eigenvalue weighted by atomic mass is 10.0. The van der Waals surface area contributed by atoms with Crippen LogP contribution in [0.3, 0.4) is 0 Å². The molecule has 156 valence electrons. The summed E-state index contributed by atoms with van der Waals surface area (Å²) in [6, 6.07) is 20.0. The molecule has 1 atom stereocenters.